The number of aromatic nitrogens is 1. The molecule has 29 heavy (non-hydrogen) atoms. The molecule has 7 heteroatoms. The summed E-state index contributed by atoms with van der Waals surface area (Å²) in [6, 6.07) is 14.1. The van der Waals surface area contributed by atoms with Crippen LogP contribution in [0, 0.1) is 6.92 Å². The second-order valence-corrected chi connectivity index (χ2v) is 8.51. The molecule has 0 bridgehead atoms. The number of benzene rings is 2. The van der Waals surface area contributed by atoms with Gasteiger partial charge in [-0.15, -0.1) is 24.2 Å². The van der Waals surface area contributed by atoms with Gasteiger partial charge in [0.2, 0.25) is 0 Å². The van der Waals surface area contributed by atoms with Gasteiger partial charge in [-0.1, -0.05) is 43.4 Å². The number of amides is 1. The van der Waals surface area contributed by atoms with Crippen LogP contribution >= 0.6 is 35.5 Å². The number of halogens is 1. The van der Waals surface area contributed by atoms with Crippen LogP contribution in [0.3, 0.4) is 0 Å². The third-order valence-corrected chi connectivity index (χ3v) is 6.72. The fourth-order valence-electron chi connectivity index (χ4n) is 3.17. The summed E-state index contributed by atoms with van der Waals surface area (Å²) in [5, 5.41) is 0.772. The molecule has 1 amide bonds. The molecule has 0 fully saturated rings. The maximum Gasteiger partial charge on any atom is 0.261 e. The highest BCUT2D eigenvalue weighted by Gasteiger charge is 2.23. The van der Waals surface area contributed by atoms with E-state index in [-0.39, 0.29) is 18.3 Å². The average molecular weight is 450 g/mol. The van der Waals surface area contributed by atoms with Gasteiger partial charge in [-0.05, 0) is 56.1 Å². The van der Waals surface area contributed by atoms with Gasteiger partial charge in [0.05, 0.1) is 15.8 Å². The summed E-state index contributed by atoms with van der Waals surface area (Å²) >= 11 is 3.19. The number of fused-ring (bicyclic) bond motifs is 1. The normalized spacial score (nSPS) is 10.9. The molecule has 0 atom stereocenters. The van der Waals surface area contributed by atoms with Gasteiger partial charge in [0.15, 0.2) is 5.13 Å². The third kappa shape index (κ3) is 5.51. The summed E-state index contributed by atoms with van der Waals surface area (Å²) in [7, 11) is 0. The van der Waals surface area contributed by atoms with Gasteiger partial charge in [-0.3, -0.25) is 9.69 Å². The van der Waals surface area contributed by atoms with Crippen LogP contribution in [0.25, 0.3) is 10.2 Å². The lowest BCUT2D eigenvalue weighted by molar-refractivity contribution is 0.0981. The van der Waals surface area contributed by atoms with Crippen molar-refractivity contribution in [2.45, 2.75) is 25.7 Å². The minimum Gasteiger partial charge on any atom is -0.302 e. The van der Waals surface area contributed by atoms with Crippen LogP contribution in [-0.4, -0.2) is 48.2 Å². The molecule has 0 aliphatic rings. The third-order valence-electron chi connectivity index (χ3n) is 4.88. The number of thioether (sulfide) groups is 1. The predicted molar refractivity (Wildman–Crippen MR) is 129 cm³/mol. The molecule has 2 aromatic carbocycles. The summed E-state index contributed by atoms with van der Waals surface area (Å²) in [5.41, 5.74) is 2.89. The molecule has 3 rings (SSSR count). The summed E-state index contributed by atoms with van der Waals surface area (Å²) in [4.78, 5) is 23.5. The van der Waals surface area contributed by atoms with Gasteiger partial charge >= 0.3 is 0 Å². The topological polar surface area (TPSA) is 36.4 Å². The Morgan fingerprint density at radius 2 is 1.83 bits per heavy atom. The summed E-state index contributed by atoms with van der Waals surface area (Å²) in [5.74, 6) is 0.0212. The lowest BCUT2D eigenvalue weighted by Gasteiger charge is -2.25. The van der Waals surface area contributed by atoms with Crippen molar-refractivity contribution in [2.24, 2.45) is 0 Å². The van der Waals surface area contributed by atoms with E-state index in [2.05, 4.69) is 37.8 Å². The van der Waals surface area contributed by atoms with Crippen molar-refractivity contribution in [2.75, 3.05) is 37.3 Å². The Morgan fingerprint density at radius 1 is 1.10 bits per heavy atom. The lowest BCUT2D eigenvalue weighted by Crippen LogP contribution is -2.39. The molecule has 1 heterocycles. The van der Waals surface area contributed by atoms with Gasteiger partial charge < -0.3 is 4.90 Å². The van der Waals surface area contributed by atoms with Crippen LogP contribution in [0.5, 0.6) is 0 Å². The molecular formula is C22H28ClN3OS2. The molecule has 0 saturated heterocycles. The highest BCUT2D eigenvalue weighted by atomic mass is 35.5. The zero-order valence-corrected chi connectivity index (χ0v) is 19.8. The van der Waals surface area contributed by atoms with Crippen molar-refractivity contribution >= 4 is 56.8 Å². The highest BCUT2D eigenvalue weighted by molar-refractivity contribution is 7.98. The summed E-state index contributed by atoms with van der Waals surface area (Å²) in [6.45, 7) is 9.78. The van der Waals surface area contributed by atoms with Crippen LogP contribution in [0.4, 0.5) is 5.13 Å². The molecule has 0 spiro atoms. The minimum atomic E-state index is 0. The van der Waals surface area contributed by atoms with Gasteiger partial charge in [0, 0.05) is 18.0 Å². The molecule has 0 saturated carbocycles. The number of thiazole rings is 1. The van der Waals surface area contributed by atoms with Gasteiger partial charge in [0.1, 0.15) is 0 Å². The first kappa shape index (κ1) is 23.7. The van der Waals surface area contributed by atoms with Crippen molar-refractivity contribution in [3.05, 3.63) is 53.6 Å². The maximum absolute atomic E-state index is 13.5. The molecular weight excluding hydrogens is 422 g/mol. The number of aryl methyl sites for hydroxylation is 1. The second-order valence-electron chi connectivity index (χ2n) is 6.65. The number of carbonyl (C=O) groups excluding carboxylic acids is 1. The minimum absolute atomic E-state index is 0. The van der Waals surface area contributed by atoms with Crippen molar-refractivity contribution < 1.29 is 4.79 Å². The van der Waals surface area contributed by atoms with E-state index >= 15 is 0 Å². The number of carbonyl (C=O) groups is 1. The number of nitrogens with zero attached hydrogens (tertiary/aromatic N) is 3. The standard InChI is InChI=1S/C22H27N3OS2.ClH/c1-5-24(6-2)13-14-25(21(26)17-9-7-8-10-19(17)27-4)22-23-18-12-11-16(3)15-20(18)28-22;/h7-12,15H,5-6,13-14H2,1-4H3;1H. The van der Waals surface area contributed by atoms with E-state index in [9.17, 15) is 4.79 Å². The molecule has 0 radical (unpaired) electrons. The monoisotopic (exact) mass is 449 g/mol. The van der Waals surface area contributed by atoms with E-state index in [0.717, 1.165) is 45.4 Å². The predicted octanol–water partition coefficient (Wildman–Crippen LogP) is 5.74. The first-order valence-electron chi connectivity index (χ1n) is 9.61. The molecule has 0 N–H and O–H groups in total. The van der Waals surface area contributed by atoms with Gasteiger partial charge in [0.25, 0.3) is 5.91 Å². The van der Waals surface area contributed by atoms with Crippen LogP contribution in [0.15, 0.2) is 47.4 Å². The molecule has 3 aromatic rings. The number of likely N-dealkylation sites (N-methyl/N-ethyl adjacent to an activating group) is 1. The molecule has 0 unspecified atom stereocenters. The first-order chi connectivity index (χ1) is 13.6. The van der Waals surface area contributed by atoms with E-state index in [1.807, 2.05) is 41.5 Å². The fraction of sp³-hybridized carbons (Fsp3) is 0.364. The maximum atomic E-state index is 13.5. The summed E-state index contributed by atoms with van der Waals surface area (Å²) in [6.07, 6.45) is 2.01. The van der Waals surface area contributed by atoms with E-state index in [1.54, 1.807) is 23.1 Å². The Kier molecular flexibility index (Phi) is 8.96. The van der Waals surface area contributed by atoms with Crippen molar-refractivity contribution in [3.63, 3.8) is 0 Å². The van der Waals surface area contributed by atoms with E-state index in [4.69, 9.17) is 4.98 Å². The fourth-order valence-corrected chi connectivity index (χ4v) is 4.85. The Labute approximate surface area is 187 Å². The van der Waals surface area contributed by atoms with Crippen molar-refractivity contribution in [3.8, 4) is 0 Å². The first-order valence-corrected chi connectivity index (χ1v) is 11.7. The highest BCUT2D eigenvalue weighted by Crippen LogP contribution is 2.31. The number of hydrogen-bond donors (Lipinski definition) is 0. The van der Waals surface area contributed by atoms with E-state index in [0.29, 0.717) is 6.54 Å². The number of anilines is 1. The molecule has 0 aliphatic heterocycles. The van der Waals surface area contributed by atoms with Crippen LogP contribution in [-0.2, 0) is 0 Å². The quantitative estimate of drug-likeness (QED) is 0.411. The molecule has 0 aliphatic carbocycles. The van der Waals surface area contributed by atoms with Crippen LogP contribution < -0.4 is 4.90 Å². The van der Waals surface area contributed by atoms with Crippen LogP contribution in [0.1, 0.15) is 29.8 Å². The van der Waals surface area contributed by atoms with Gasteiger partial charge in [-0.25, -0.2) is 4.98 Å². The van der Waals surface area contributed by atoms with Gasteiger partial charge in [-0.2, -0.15) is 0 Å². The number of hydrogen-bond acceptors (Lipinski definition) is 5. The Morgan fingerprint density at radius 3 is 2.52 bits per heavy atom. The van der Waals surface area contributed by atoms with Crippen molar-refractivity contribution in [1.29, 1.82) is 0 Å². The Bertz CT molecular complexity index is 956. The zero-order valence-electron chi connectivity index (χ0n) is 17.3. The zero-order chi connectivity index (χ0) is 20.1. The average Bonchev–Trinajstić information content (AvgIpc) is 3.13. The van der Waals surface area contributed by atoms with E-state index < -0.39 is 0 Å². The summed E-state index contributed by atoms with van der Waals surface area (Å²) < 4.78 is 1.12. The Balaban J connectivity index is 0.00000300. The molecule has 1 aromatic heterocycles. The largest absolute Gasteiger partial charge is 0.302 e. The Hall–Kier alpha value is -1.60. The lowest BCUT2D eigenvalue weighted by atomic mass is 10.2. The van der Waals surface area contributed by atoms with Crippen molar-refractivity contribution in [1.82, 2.24) is 9.88 Å². The second kappa shape index (κ2) is 11.0. The number of rotatable bonds is 8. The smallest absolute Gasteiger partial charge is 0.261 e. The van der Waals surface area contributed by atoms with Crippen LogP contribution in [0.2, 0.25) is 0 Å². The molecule has 4 nitrogen and oxygen atoms in total. The SMILES string of the molecule is CCN(CC)CCN(C(=O)c1ccccc1SC)c1nc2ccc(C)cc2s1.Cl. The van der Waals surface area contributed by atoms with E-state index in [1.165, 1.54) is 5.56 Å². The molecule has 156 valence electrons.